The van der Waals surface area contributed by atoms with E-state index in [1.807, 2.05) is 104 Å². The van der Waals surface area contributed by atoms with Gasteiger partial charge in [0.25, 0.3) is 5.91 Å². The summed E-state index contributed by atoms with van der Waals surface area (Å²) in [6.45, 7) is 19.3. The van der Waals surface area contributed by atoms with Gasteiger partial charge in [0.1, 0.15) is 36.2 Å². The van der Waals surface area contributed by atoms with Crippen molar-refractivity contribution in [3.05, 3.63) is 128 Å². The summed E-state index contributed by atoms with van der Waals surface area (Å²) in [5.41, 5.74) is 10.5. The molecule has 0 bridgehead atoms. The van der Waals surface area contributed by atoms with Crippen LogP contribution in [0.1, 0.15) is 74.0 Å². The van der Waals surface area contributed by atoms with Gasteiger partial charge in [-0.3, -0.25) is 4.79 Å². The molecule has 0 saturated carbocycles. The number of anilines is 1. The maximum absolute atomic E-state index is 15.7. The van der Waals surface area contributed by atoms with Crippen LogP contribution in [0.5, 0.6) is 11.5 Å². The first-order valence-corrected chi connectivity index (χ1v) is 27.0. The standard InChI is InChI=1S/C52H59Cl2N5O6Si/c1-31-23-38(24-32(2)47(31)54)64-20-14-17-40-41-18-19-42(53)46(45-34(4)55-58(35(45)5)30-63-21-22-66(8,9)10)49(41)59-33(3)28-57(51(60)50(40)59)43-27-39(65-29-36-15-12-11-13-16-36)25-37-26-44(52(61)62-7)56(6)48(37)43/h11-13,15-16,18-19,23-27,33H,14,17,20-22,28-30H2,1-10H3/t33-/m1/s1. The molecule has 346 valence electrons. The summed E-state index contributed by atoms with van der Waals surface area (Å²) in [5.74, 6) is 0.674. The van der Waals surface area contributed by atoms with Crippen molar-refractivity contribution < 1.29 is 28.5 Å². The molecule has 0 spiro atoms. The molecule has 0 fully saturated rings. The van der Waals surface area contributed by atoms with Crippen molar-refractivity contribution >= 4 is 70.6 Å². The molecule has 4 aromatic carbocycles. The van der Waals surface area contributed by atoms with Crippen LogP contribution in [0, 0.1) is 27.7 Å². The van der Waals surface area contributed by atoms with Crippen LogP contribution in [-0.2, 0) is 36.3 Å². The Hall–Kier alpha value is -5.53. The zero-order valence-corrected chi connectivity index (χ0v) is 42.1. The van der Waals surface area contributed by atoms with Crippen LogP contribution in [0.4, 0.5) is 5.69 Å². The molecule has 0 unspecified atom stereocenters. The lowest BCUT2D eigenvalue weighted by Gasteiger charge is -2.35. The molecule has 8 rings (SSSR count). The summed E-state index contributed by atoms with van der Waals surface area (Å²) < 4.78 is 30.0. The lowest BCUT2D eigenvalue weighted by atomic mass is 9.98. The van der Waals surface area contributed by atoms with Crippen molar-refractivity contribution in [1.29, 1.82) is 0 Å². The van der Waals surface area contributed by atoms with E-state index in [2.05, 4.69) is 38.1 Å². The number of halogens is 2. The summed E-state index contributed by atoms with van der Waals surface area (Å²) in [4.78, 5) is 30.6. The second-order valence-electron chi connectivity index (χ2n) is 18.7. The van der Waals surface area contributed by atoms with E-state index in [0.29, 0.717) is 79.3 Å². The lowest BCUT2D eigenvalue weighted by Crippen LogP contribution is -2.43. The number of carbonyl (C=O) groups is 2. The van der Waals surface area contributed by atoms with Crippen LogP contribution in [0.2, 0.25) is 35.7 Å². The number of benzene rings is 4. The highest BCUT2D eigenvalue weighted by Crippen LogP contribution is 2.46. The molecule has 1 atom stereocenters. The Morgan fingerprint density at radius 1 is 0.879 bits per heavy atom. The Bertz CT molecular complexity index is 2960. The van der Waals surface area contributed by atoms with Gasteiger partial charge in [-0.1, -0.05) is 79.2 Å². The van der Waals surface area contributed by atoms with E-state index in [-0.39, 0.29) is 11.9 Å². The van der Waals surface area contributed by atoms with Crippen LogP contribution >= 0.6 is 23.2 Å². The Morgan fingerprint density at radius 2 is 1.59 bits per heavy atom. The topological polar surface area (TPSA) is 102 Å². The van der Waals surface area contributed by atoms with Gasteiger partial charge in [-0.05, 0) is 106 Å². The van der Waals surface area contributed by atoms with Gasteiger partial charge in [0.15, 0.2) is 0 Å². The Morgan fingerprint density at radius 3 is 2.29 bits per heavy atom. The van der Waals surface area contributed by atoms with Gasteiger partial charge in [-0.15, -0.1) is 0 Å². The van der Waals surface area contributed by atoms with E-state index < -0.39 is 14.0 Å². The van der Waals surface area contributed by atoms with E-state index in [4.69, 9.17) is 47.2 Å². The van der Waals surface area contributed by atoms with E-state index in [0.717, 1.165) is 77.9 Å². The number of esters is 1. The lowest BCUT2D eigenvalue weighted by molar-refractivity contribution is 0.0590. The second-order valence-corrected chi connectivity index (χ2v) is 25.1. The molecule has 14 heteroatoms. The van der Waals surface area contributed by atoms with Crippen molar-refractivity contribution in [3.63, 3.8) is 0 Å². The predicted molar refractivity (Wildman–Crippen MR) is 268 cm³/mol. The van der Waals surface area contributed by atoms with Gasteiger partial charge in [0.05, 0.1) is 41.2 Å². The molecule has 0 N–H and O–H groups in total. The first kappa shape index (κ1) is 47.0. The minimum atomic E-state index is -1.28. The van der Waals surface area contributed by atoms with Crippen LogP contribution in [0.3, 0.4) is 0 Å². The minimum Gasteiger partial charge on any atom is -0.494 e. The normalized spacial score (nSPS) is 14.1. The molecule has 0 radical (unpaired) electrons. The predicted octanol–water partition coefficient (Wildman–Crippen LogP) is 12.4. The molecule has 4 heterocycles. The maximum atomic E-state index is 15.7. The van der Waals surface area contributed by atoms with E-state index >= 15 is 4.79 Å². The van der Waals surface area contributed by atoms with Crippen molar-refractivity contribution in [3.8, 4) is 22.6 Å². The maximum Gasteiger partial charge on any atom is 0.354 e. The van der Waals surface area contributed by atoms with Crippen molar-refractivity contribution in [1.82, 2.24) is 18.9 Å². The Balaban J connectivity index is 1.26. The molecule has 11 nitrogen and oxygen atoms in total. The van der Waals surface area contributed by atoms with Crippen LogP contribution in [-0.4, -0.2) is 65.7 Å². The second kappa shape index (κ2) is 19.0. The molecule has 3 aromatic heterocycles. The third kappa shape index (κ3) is 9.12. The average Bonchev–Trinajstić information content (AvgIpc) is 3.90. The fraction of sp³-hybridized carbons (Fsp3) is 0.365. The highest BCUT2D eigenvalue weighted by Gasteiger charge is 2.38. The van der Waals surface area contributed by atoms with Gasteiger partial charge in [0.2, 0.25) is 0 Å². The number of carbonyl (C=O) groups excluding carboxylic acids is 2. The summed E-state index contributed by atoms with van der Waals surface area (Å²) >= 11 is 13.8. The monoisotopic (exact) mass is 947 g/mol. The molecule has 7 aromatic rings. The number of ether oxygens (including phenoxy) is 4. The molecule has 66 heavy (non-hydrogen) atoms. The van der Waals surface area contributed by atoms with Crippen molar-refractivity contribution in [2.45, 2.75) is 92.5 Å². The number of hydrogen-bond donors (Lipinski definition) is 0. The van der Waals surface area contributed by atoms with E-state index in [1.54, 1.807) is 10.6 Å². The number of nitrogens with zero attached hydrogens (tertiary/aromatic N) is 5. The molecular formula is C52H59Cl2N5O6Si. The number of aromatic nitrogens is 4. The fourth-order valence-corrected chi connectivity index (χ4v) is 10.4. The third-order valence-corrected chi connectivity index (χ3v) is 15.3. The summed E-state index contributed by atoms with van der Waals surface area (Å²) in [7, 11) is 1.91. The van der Waals surface area contributed by atoms with Gasteiger partial charge >= 0.3 is 5.97 Å². The Kier molecular flexibility index (Phi) is 13.5. The fourth-order valence-electron chi connectivity index (χ4n) is 9.30. The van der Waals surface area contributed by atoms with Gasteiger partial charge < -0.3 is 33.0 Å². The SMILES string of the molecule is COC(=O)c1cc2cc(OCc3ccccc3)cc(N3C[C@@H](C)n4c(c(CCCOc5cc(C)c(Cl)c(C)c5)c5ccc(Cl)c(-c6c(C)nn(COCC[Si](C)(C)C)c6C)c54)C3=O)c2n1C. The number of aryl methyl sites for hydroxylation is 5. The molecule has 1 aliphatic rings. The summed E-state index contributed by atoms with van der Waals surface area (Å²) in [6.07, 6.45) is 1.18. The molecule has 0 saturated heterocycles. The molecule has 0 aliphatic carbocycles. The average molecular weight is 949 g/mol. The number of amides is 1. The Labute approximate surface area is 398 Å². The smallest absolute Gasteiger partial charge is 0.354 e. The molecular weight excluding hydrogens is 890 g/mol. The quantitative estimate of drug-likeness (QED) is 0.0540. The first-order chi connectivity index (χ1) is 31.5. The van der Waals surface area contributed by atoms with Gasteiger partial charge in [-0.25, -0.2) is 9.48 Å². The van der Waals surface area contributed by atoms with Gasteiger partial charge in [-0.2, -0.15) is 5.10 Å². The highest BCUT2D eigenvalue weighted by atomic mass is 35.5. The number of methoxy groups -OCH3 is 1. The van der Waals surface area contributed by atoms with E-state index in [1.165, 1.54) is 7.11 Å². The first-order valence-electron chi connectivity index (χ1n) is 22.5. The van der Waals surface area contributed by atoms with Crippen LogP contribution in [0.25, 0.3) is 32.9 Å². The number of rotatable bonds is 16. The molecule has 1 amide bonds. The van der Waals surface area contributed by atoms with Crippen molar-refractivity contribution in [2.24, 2.45) is 7.05 Å². The summed E-state index contributed by atoms with van der Waals surface area (Å²) in [6, 6.07) is 24.3. The third-order valence-electron chi connectivity index (χ3n) is 12.7. The van der Waals surface area contributed by atoms with Crippen molar-refractivity contribution in [2.75, 3.05) is 31.8 Å². The minimum absolute atomic E-state index is 0.173. The van der Waals surface area contributed by atoms with Crippen LogP contribution < -0.4 is 14.4 Å². The largest absolute Gasteiger partial charge is 0.494 e. The molecule has 1 aliphatic heterocycles. The zero-order chi connectivity index (χ0) is 47.2. The number of fused-ring (bicyclic) bond motifs is 4. The van der Waals surface area contributed by atoms with Crippen LogP contribution in [0.15, 0.2) is 72.8 Å². The zero-order valence-electron chi connectivity index (χ0n) is 39.6. The summed E-state index contributed by atoms with van der Waals surface area (Å²) in [5, 5.41) is 7.96. The number of hydrogen-bond acceptors (Lipinski definition) is 7. The highest BCUT2D eigenvalue weighted by molar-refractivity contribution is 6.76. The van der Waals surface area contributed by atoms with Gasteiger partial charge in [0, 0.05) is 73.0 Å². The van der Waals surface area contributed by atoms with E-state index in [9.17, 15) is 4.79 Å².